The average molecular weight is 244 g/mol. The third-order valence-corrected chi connectivity index (χ3v) is 1.24. The van der Waals surface area contributed by atoms with E-state index in [2.05, 4.69) is 0 Å². The van der Waals surface area contributed by atoms with E-state index in [-0.39, 0.29) is 4.90 Å². The molecule has 0 unspecified atom stereocenters. The van der Waals surface area contributed by atoms with Crippen molar-refractivity contribution in [2.75, 3.05) is 0 Å². The maximum atomic E-state index is 11.5. The molecule has 0 saturated heterocycles. The summed E-state index contributed by atoms with van der Waals surface area (Å²) in [5, 5.41) is 0. The number of carbonyl (C=O) groups excluding carboxylic acids is 3. The van der Waals surface area contributed by atoms with Gasteiger partial charge >= 0.3 is 18.6 Å². The van der Waals surface area contributed by atoms with Crippen LogP contribution in [-0.4, -0.2) is 34.7 Å². The zero-order valence-electron chi connectivity index (χ0n) is 11.0. The number of imide groups is 3. The summed E-state index contributed by atoms with van der Waals surface area (Å²) in [4.78, 5) is 33.6. The topological polar surface area (TPSA) is 72.9 Å². The third kappa shape index (κ3) is 6.55. The molecule has 0 aromatic rings. The van der Waals surface area contributed by atoms with Crippen LogP contribution in [0.25, 0.3) is 0 Å². The first-order chi connectivity index (χ1) is 7.46. The maximum Gasteiger partial charge on any atom is 0.427 e. The number of carbonyl (C=O) groups is 2. The van der Waals surface area contributed by atoms with Crippen molar-refractivity contribution in [3.05, 3.63) is 0 Å². The van der Waals surface area contributed by atoms with Crippen molar-refractivity contribution >= 4 is 18.6 Å². The van der Waals surface area contributed by atoms with E-state index >= 15 is 0 Å². The van der Waals surface area contributed by atoms with Crippen LogP contribution in [0.2, 0.25) is 0 Å². The Kier molecular flexibility index (Phi) is 4.68. The summed E-state index contributed by atoms with van der Waals surface area (Å²) < 4.78 is 9.70. The second-order valence-electron chi connectivity index (χ2n) is 5.39. The predicted octanol–water partition coefficient (Wildman–Crippen LogP) is 2.23. The van der Waals surface area contributed by atoms with E-state index in [1.54, 1.807) is 41.5 Å². The molecule has 17 heavy (non-hydrogen) atoms. The second kappa shape index (κ2) is 5.16. The molecule has 0 bridgehead atoms. The van der Waals surface area contributed by atoms with E-state index in [1.165, 1.54) is 6.41 Å². The third-order valence-electron chi connectivity index (χ3n) is 1.24. The van der Waals surface area contributed by atoms with Gasteiger partial charge in [-0.2, -0.15) is 0 Å². The van der Waals surface area contributed by atoms with Gasteiger partial charge in [-0.15, -0.1) is 4.90 Å². The van der Waals surface area contributed by atoms with Crippen LogP contribution in [0.5, 0.6) is 0 Å². The fourth-order valence-electron chi connectivity index (χ4n) is 0.764. The maximum absolute atomic E-state index is 11.5. The molecule has 0 aliphatic carbocycles. The number of hydrogen-bond donors (Lipinski definition) is 0. The van der Waals surface area contributed by atoms with Crippen molar-refractivity contribution < 1.29 is 23.9 Å². The number of rotatable bonds is 1. The van der Waals surface area contributed by atoms with E-state index in [4.69, 9.17) is 9.47 Å². The van der Waals surface area contributed by atoms with Crippen LogP contribution in [0.1, 0.15) is 41.5 Å². The van der Waals surface area contributed by atoms with Gasteiger partial charge in [0.25, 0.3) is 0 Å². The van der Waals surface area contributed by atoms with Gasteiger partial charge < -0.3 is 9.47 Å². The Morgan fingerprint density at radius 2 is 1.18 bits per heavy atom. The minimum absolute atomic E-state index is 0.135. The smallest absolute Gasteiger partial charge is 0.427 e. The van der Waals surface area contributed by atoms with E-state index in [9.17, 15) is 14.4 Å². The fraction of sp³-hybridized carbons (Fsp3) is 0.727. The largest absolute Gasteiger partial charge is 0.443 e. The van der Waals surface area contributed by atoms with Gasteiger partial charge in [-0.05, 0) is 41.5 Å². The number of amides is 3. The molecule has 0 saturated carbocycles. The lowest BCUT2D eigenvalue weighted by Crippen LogP contribution is -2.42. The lowest BCUT2D eigenvalue weighted by atomic mass is 10.2. The summed E-state index contributed by atoms with van der Waals surface area (Å²) in [5.74, 6) is 0. The van der Waals surface area contributed by atoms with Gasteiger partial charge in [0, 0.05) is 0 Å². The first-order valence-electron chi connectivity index (χ1n) is 5.10. The molecule has 0 aliphatic heterocycles. The summed E-state index contributed by atoms with van der Waals surface area (Å²) in [6, 6.07) is 0. The molecule has 0 fully saturated rings. The summed E-state index contributed by atoms with van der Waals surface area (Å²) in [7, 11) is 0. The van der Waals surface area contributed by atoms with Crippen LogP contribution in [-0.2, 0) is 14.3 Å². The van der Waals surface area contributed by atoms with E-state index in [1.807, 2.05) is 0 Å². The zero-order chi connectivity index (χ0) is 13.9. The van der Waals surface area contributed by atoms with Crippen molar-refractivity contribution in [1.82, 2.24) is 4.90 Å². The molecule has 0 atom stereocenters. The highest BCUT2D eigenvalue weighted by Crippen LogP contribution is 2.13. The zero-order valence-corrected chi connectivity index (χ0v) is 11.0. The van der Waals surface area contributed by atoms with Gasteiger partial charge in [0.15, 0.2) is 0 Å². The molecule has 97 valence electrons. The predicted molar refractivity (Wildman–Crippen MR) is 60.0 cm³/mol. The Hall–Kier alpha value is -1.59. The Bertz CT molecular complexity index is 283. The lowest BCUT2D eigenvalue weighted by Gasteiger charge is -2.25. The van der Waals surface area contributed by atoms with Gasteiger partial charge in [-0.1, -0.05) is 0 Å². The molecule has 6 heteroatoms. The number of nitrogens with zero attached hydrogens (tertiary/aromatic N) is 1. The lowest BCUT2D eigenvalue weighted by molar-refractivity contribution is 0.0144. The highest BCUT2D eigenvalue weighted by atomic mass is 16.6. The molecule has 0 aromatic carbocycles. The molecule has 0 aromatic heterocycles. The molecule has 0 heterocycles. The molecule has 0 aliphatic rings. The van der Waals surface area contributed by atoms with Crippen molar-refractivity contribution in [2.45, 2.75) is 52.7 Å². The van der Waals surface area contributed by atoms with Gasteiger partial charge in [-0.25, -0.2) is 9.59 Å². The molecule has 6 nitrogen and oxygen atoms in total. The van der Waals surface area contributed by atoms with Crippen LogP contribution in [0, 0.1) is 0 Å². The molecule has 0 N–H and O–H groups in total. The Balaban J connectivity index is 4.68. The summed E-state index contributed by atoms with van der Waals surface area (Å²) in [6.45, 7) is 9.68. The Morgan fingerprint density at radius 1 is 0.882 bits per heavy atom. The normalized spacial score (nSPS) is 11.6. The fourth-order valence-corrected chi connectivity index (χ4v) is 0.764. The standard InChI is InChI=1S/C11H18NO5/c1-10(2,3)16-8(14)12(7-13)9(15)17-11(4,5)6/h1-6H3. The Labute approximate surface area is 101 Å². The summed E-state index contributed by atoms with van der Waals surface area (Å²) in [6.07, 6.45) is -1.04. The second-order valence-corrected chi connectivity index (χ2v) is 5.39. The highest BCUT2D eigenvalue weighted by Gasteiger charge is 2.31. The first-order valence-corrected chi connectivity index (χ1v) is 5.10. The van der Waals surface area contributed by atoms with Crippen molar-refractivity contribution in [2.24, 2.45) is 0 Å². The van der Waals surface area contributed by atoms with E-state index < -0.39 is 23.4 Å². The van der Waals surface area contributed by atoms with Crippen molar-refractivity contribution in [1.29, 1.82) is 0 Å². The van der Waals surface area contributed by atoms with Gasteiger partial charge in [0.2, 0.25) is 0 Å². The quantitative estimate of drug-likeness (QED) is 0.661. The van der Waals surface area contributed by atoms with Crippen molar-refractivity contribution in [3.8, 4) is 0 Å². The van der Waals surface area contributed by atoms with Gasteiger partial charge in [0.1, 0.15) is 11.2 Å². The number of ether oxygens (including phenoxy) is 2. The van der Waals surface area contributed by atoms with Crippen LogP contribution in [0.15, 0.2) is 0 Å². The van der Waals surface area contributed by atoms with E-state index in [0.717, 1.165) is 0 Å². The Morgan fingerprint density at radius 3 is 1.35 bits per heavy atom. The number of hydrogen-bond acceptors (Lipinski definition) is 5. The van der Waals surface area contributed by atoms with Gasteiger partial charge in [-0.3, -0.25) is 4.79 Å². The first kappa shape index (κ1) is 15.4. The minimum Gasteiger partial charge on any atom is -0.443 e. The van der Waals surface area contributed by atoms with E-state index in [0.29, 0.717) is 0 Å². The molecule has 0 spiro atoms. The molecule has 3 amide bonds. The molecule has 0 rings (SSSR count). The van der Waals surface area contributed by atoms with Crippen LogP contribution in [0.4, 0.5) is 9.59 Å². The molecule has 1 radical (unpaired) electrons. The van der Waals surface area contributed by atoms with Crippen LogP contribution < -0.4 is 0 Å². The van der Waals surface area contributed by atoms with Gasteiger partial charge in [0.05, 0.1) is 0 Å². The highest BCUT2D eigenvalue weighted by molar-refractivity contribution is 5.99. The average Bonchev–Trinajstić information content (AvgIpc) is 1.96. The summed E-state index contributed by atoms with van der Waals surface area (Å²) >= 11 is 0. The monoisotopic (exact) mass is 244 g/mol. The minimum atomic E-state index is -1.11. The SMILES string of the molecule is CC(C)(C)OC(=O)N([C]=O)C(=O)OC(C)(C)C. The molecular weight excluding hydrogens is 226 g/mol. The summed E-state index contributed by atoms with van der Waals surface area (Å²) in [5.41, 5.74) is -1.62. The van der Waals surface area contributed by atoms with Crippen molar-refractivity contribution in [3.63, 3.8) is 0 Å². The van der Waals surface area contributed by atoms with Crippen LogP contribution >= 0.6 is 0 Å². The van der Waals surface area contributed by atoms with Crippen LogP contribution in [0.3, 0.4) is 0 Å². The molecular formula is C11H18NO5.